The van der Waals surface area contributed by atoms with Crippen LogP contribution in [0.5, 0.6) is 0 Å². The number of carbonyl (C=O) groups is 1. The molecule has 0 aromatic heterocycles. The van der Waals surface area contributed by atoms with Crippen molar-refractivity contribution in [3.8, 4) is 0 Å². The fourth-order valence-corrected chi connectivity index (χ4v) is 0.960. The van der Waals surface area contributed by atoms with Crippen molar-refractivity contribution in [3.05, 3.63) is 29.3 Å². The van der Waals surface area contributed by atoms with Gasteiger partial charge in [0, 0.05) is 17.6 Å². The average Bonchev–Trinajstić information content (AvgIpc) is 2.00. The number of carbonyl (C=O) groups excluding carboxylic acids is 1. The van der Waals surface area contributed by atoms with E-state index < -0.39 is 0 Å². The van der Waals surface area contributed by atoms with E-state index >= 15 is 0 Å². The monoisotopic (exact) mass is 227 g/mol. The molecule has 15 heavy (non-hydrogen) atoms. The highest BCUT2D eigenvalue weighted by Crippen LogP contribution is 2.14. The van der Waals surface area contributed by atoms with Crippen LogP contribution in [0.3, 0.4) is 0 Å². The van der Waals surface area contributed by atoms with E-state index in [1.54, 1.807) is 24.3 Å². The number of nitrogens with one attached hydrogen (secondary N) is 1. The maximum absolute atomic E-state index is 10.6. The maximum Gasteiger partial charge on any atom is 0.221 e. The third kappa shape index (κ3) is 9.29. The highest BCUT2D eigenvalue weighted by atomic mass is 35.5. The molecule has 0 radical (unpaired) electrons. The maximum atomic E-state index is 10.6. The van der Waals surface area contributed by atoms with Gasteiger partial charge in [-0.2, -0.15) is 0 Å². The quantitative estimate of drug-likeness (QED) is 0.773. The minimum atomic E-state index is -0.0905. The van der Waals surface area contributed by atoms with Gasteiger partial charge in [0.2, 0.25) is 5.91 Å². The van der Waals surface area contributed by atoms with Gasteiger partial charge in [-0.3, -0.25) is 4.79 Å². The second-order valence-electron chi connectivity index (χ2n) is 3.92. The fourth-order valence-electron chi connectivity index (χ4n) is 0.769. The number of hydrogen-bond acceptors (Lipinski definition) is 1. The van der Waals surface area contributed by atoms with Gasteiger partial charge in [-0.15, -0.1) is 0 Å². The zero-order valence-corrected chi connectivity index (χ0v) is 10.4. The summed E-state index contributed by atoms with van der Waals surface area (Å²) in [6.45, 7) is 7.96. The number of amides is 1. The van der Waals surface area contributed by atoms with E-state index in [4.69, 9.17) is 11.6 Å². The van der Waals surface area contributed by atoms with Crippen LogP contribution in [-0.4, -0.2) is 5.91 Å². The lowest BCUT2D eigenvalue weighted by Crippen LogP contribution is -2.05. The van der Waals surface area contributed by atoms with Crippen molar-refractivity contribution in [2.75, 3.05) is 5.32 Å². The smallest absolute Gasteiger partial charge is 0.221 e. The van der Waals surface area contributed by atoms with Crippen LogP contribution < -0.4 is 5.32 Å². The first-order chi connectivity index (χ1) is 6.91. The van der Waals surface area contributed by atoms with Crippen LogP contribution in [0.25, 0.3) is 0 Å². The lowest BCUT2D eigenvalue weighted by Gasteiger charge is -2.00. The van der Waals surface area contributed by atoms with E-state index in [2.05, 4.69) is 26.1 Å². The first kappa shape index (κ1) is 14.0. The lowest BCUT2D eigenvalue weighted by atomic mass is 10.3. The van der Waals surface area contributed by atoms with Crippen molar-refractivity contribution < 1.29 is 4.79 Å². The van der Waals surface area contributed by atoms with Crippen LogP contribution in [0.2, 0.25) is 5.02 Å². The molecule has 0 aliphatic carbocycles. The first-order valence-electron chi connectivity index (χ1n) is 4.95. The predicted molar refractivity (Wildman–Crippen MR) is 66.3 cm³/mol. The molecule has 3 heteroatoms. The van der Waals surface area contributed by atoms with E-state index in [9.17, 15) is 4.79 Å². The summed E-state index contributed by atoms with van der Waals surface area (Å²) in [5, 5.41) is 3.24. The largest absolute Gasteiger partial charge is 0.326 e. The summed E-state index contributed by atoms with van der Waals surface area (Å²) in [5.74, 6) is 0.743. The first-order valence-corrected chi connectivity index (χ1v) is 5.32. The summed E-state index contributed by atoms with van der Waals surface area (Å²) in [6, 6.07) is 7.02. The molecule has 0 heterocycles. The van der Waals surface area contributed by atoms with Crippen molar-refractivity contribution in [3.63, 3.8) is 0 Å². The minimum absolute atomic E-state index is 0.0905. The second-order valence-corrected chi connectivity index (χ2v) is 4.36. The van der Waals surface area contributed by atoms with Gasteiger partial charge < -0.3 is 5.32 Å². The average molecular weight is 228 g/mol. The molecular formula is C12H18ClNO. The van der Waals surface area contributed by atoms with Crippen molar-refractivity contribution >= 4 is 23.2 Å². The Labute approximate surface area is 96.6 Å². The van der Waals surface area contributed by atoms with Gasteiger partial charge in [0.1, 0.15) is 0 Å². The van der Waals surface area contributed by atoms with Gasteiger partial charge in [0.15, 0.2) is 0 Å². The van der Waals surface area contributed by atoms with E-state index in [0.29, 0.717) is 5.02 Å². The number of anilines is 1. The SMILES string of the molecule is CC(=O)Nc1cccc(Cl)c1.CC(C)C. The Bertz CT molecular complexity index is 307. The summed E-state index contributed by atoms with van der Waals surface area (Å²) < 4.78 is 0. The predicted octanol–water partition coefficient (Wildman–Crippen LogP) is 3.96. The van der Waals surface area contributed by atoms with Crippen molar-refractivity contribution in [1.29, 1.82) is 0 Å². The number of benzene rings is 1. The topological polar surface area (TPSA) is 29.1 Å². The Morgan fingerprint density at radius 1 is 1.33 bits per heavy atom. The standard InChI is InChI=1S/C8H8ClNO.C4H10/c1-6(11)10-8-4-2-3-7(9)5-8;1-4(2)3/h2-5H,1H3,(H,10,11);4H,1-3H3. The molecule has 0 saturated heterocycles. The number of hydrogen-bond donors (Lipinski definition) is 1. The highest BCUT2D eigenvalue weighted by molar-refractivity contribution is 6.30. The molecule has 0 fully saturated rings. The Kier molecular flexibility index (Phi) is 6.80. The van der Waals surface area contributed by atoms with Crippen LogP contribution in [0.4, 0.5) is 5.69 Å². The summed E-state index contributed by atoms with van der Waals surface area (Å²) >= 11 is 5.68. The van der Waals surface area contributed by atoms with Gasteiger partial charge in [-0.25, -0.2) is 0 Å². The van der Waals surface area contributed by atoms with Crippen molar-refractivity contribution in [2.45, 2.75) is 27.7 Å². The van der Waals surface area contributed by atoms with E-state index in [0.717, 1.165) is 11.6 Å². The molecular weight excluding hydrogens is 210 g/mol. The molecule has 0 saturated carbocycles. The minimum Gasteiger partial charge on any atom is -0.326 e. The van der Waals surface area contributed by atoms with Crippen molar-refractivity contribution in [2.24, 2.45) is 5.92 Å². The third-order valence-electron chi connectivity index (χ3n) is 1.14. The summed E-state index contributed by atoms with van der Waals surface area (Å²) in [4.78, 5) is 10.6. The van der Waals surface area contributed by atoms with Gasteiger partial charge in [-0.05, 0) is 24.1 Å². The zero-order valence-electron chi connectivity index (χ0n) is 9.67. The van der Waals surface area contributed by atoms with Gasteiger partial charge >= 0.3 is 0 Å². The Hall–Kier alpha value is -1.02. The van der Waals surface area contributed by atoms with E-state index in [1.165, 1.54) is 6.92 Å². The van der Waals surface area contributed by atoms with Crippen molar-refractivity contribution in [1.82, 2.24) is 0 Å². The Balaban J connectivity index is 0.000000423. The molecule has 0 atom stereocenters. The Morgan fingerprint density at radius 2 is 1.87 bits per heavy atom. The molecule has 0 aliphatic rings. The van der Waals surface area contributed by atoms with Gasteiger partial charge in [-0.1, -0.05) is 38.4 Å². The van der Waals surface area contributed by atoms with Gasteiger partial charge in [0.05, 0.1) is 0 Å². The molecule has 0 bridgehead atoms. The lowest BCUT2D eigenvalue weighted by molar-refractivity contribution is -0.114. The Morgan fingerprint density at radius 3 is 2.27 bits per heavy atom. The molecule has 0 aliphatic heterocycles. The summed E-state index contributed by atoms with van der Waals surface area (Å²) in [5.41, 5.74) is 0.727. The summed E-state index contributed by atoms with van der Waals surface area (Å²) in [6.07, 6.45) is 0. The zero-order chi connectivity index (χ0) is 11.8. The number of rotatable bonds is 1. The molecule has 0 unspecified atom stereocenters. The van der Waals surface area contributed by atoms with Crippen LogP contribution in [-0.2, 0) is 4.79 Å². The highest BCUT2D eigenvalue weighted by Gasteiger charge is 1.94. The van der Waals surface area contributed by atoms with Crippen LogP contribution in [0.15, 0.2) is 24.3 Å². The van der Waals surface area contributed by atoms with Gasteiger partial charge in [0.25, 0.3) is 0 Å². The third-order valence-corrected chi connectivity index (χ3v) is 1.38. The fraction of sp³-hybridized carbons (Fsp3) is 0.417. The molecule has 0 spiro atoms. The van der Waals surface area contributed by atoms with Crippen LogP contribution >= 0.6 is 11.6 Å². The normalized spacial score (nSPS) is 9.20. The summed E-state index contributed by atoms with van der Waals surface area (Å²) in [7, 11) is 0. The molecule has 1 amide bonds. The van der Waals surface area contributed by atoms with Crippen LogP contribution in [0, 0.1) is 5.92 Å². The molecule has 2 nitrogen and oxygen atoms in total. The van der Waals surface area contributed by atoms with E-state index in [-0.39, 0.29) is 5.91 Å². The molecule has 1 aromatic carbocycles. The van der Waals surface area contributed by atoms with E-state index in [1.807, 2.05) is 0 Å². The molecule has 1 aromatic rings. The number of halogens is 1. The van der Waals surface area contributed by atoms with Crippen LogP contribution in [0.1, 0.15) is 27.7 Å². The second kappa shape index (κ2) is 7.30. The molecule has 1 rings (SSSR count). The molecule has 84 valence electrons. The molecule has 1 N–H and O–H groups in total.